The number of carbonyl (C=O) groups excluding carboxylic acids is 1. The number of halogens is 1. The summed E-state index contributed by atoms with van der Waals surface area (Å²) >= 11 is 0. The maximum absolute atomic E-state index is 12.9. The number of amides is 1. The summed E-state index contributed by atoms with van der Waals surface area (Å²) in [7, 11) is 1.67. The van der Waals surface area contributed by atoms with E-state index in [1.54, 1.807) is 7.05 Å². The van der Waals surface area contributed by atoms with Crippen molar-refractivity contribution >= 4 is 5.91 Å². The lowest BCUT2D eigenvalue weighted by molar-refractivity contribution is 0.0589. The van der Waals surface area contributed by atoms with Crippen molar-refractivity contribution in [1.29, 1.82) is 5.26 Å². The van der Waals surface area contributed by atoms with Crippen LogP contribution in [-0.4, -0.2) is 23.4 Å². The molecule has 3 nitrogen and oxygen atoms in total. The van der Waals surface area contributed by atoms with Crippen LogP contribution in [-0.2, 0) is 0 Å². The fraction of sp³-hybridized carbons (Fsp3) is 0.467. The van der Waals surface area contributed by atoms with Crippen LogP contribution in [0.3, 0.4) is 0 Å². The molecule has 2 rings (SSSR count). The average Bonchev–Trinajstić information content (AvgIpc) is 2.47. The van der Waals surface area contributed by atoms with Crippen LogP contribution in [0.4, 0.5) is 4.39 Å². The van der Waals surface area contributed by atoms with Crippen molar-refractivity contribution < 1.29 is 9.18 Å². The van der Waals surface area contributed by atoms with Crippen molar-refractivity contribution in [2.45, 2.75) is 37.6 Å². The van der Waals surface area contributed by atoms with E-state index in [1.807, 2.05) is 0 Å². The first-order valence-corrected chi connectivity index (χ1v) is 6.54. The van der Waals surface area contributed by atoms with Gasteiger partial charge in [0.25, 0.3) is 5.91 Å². The Morgan fingerprint density at radius 2 is 1.84 bits per heavy atom. The van der Waals surface area contributed by atoms with E-state index in [4.69, 9.17) is 0 Å². The third-order valence-corrected chi connectivity index (χ3v) is 3.93. The molecule has 1 aromatic carbocycles. The van der Waals surface area contributed by atoms with Gasteiger partial charge in [0.15, 0.2) is 0 Å². The van der Waals surface area contributed by atoms with Gasteiger partial charge in [0, 0.05) is 12.6 Å². The van der Waals surface area contributed by atoms with E-state index >= 15 is 0 Å². The van der Waals surface area contributed by atoms with E-state index < -0.39 is 5.54 Å². The highest BCUT2D eigenvalue weighted by Gasteiger charge is 2.39. The minimum Gasteiger partial charge on any atom is -0.323 e. The number of rotatable bonds is 2. The molecule has 1 aromatic rings. The quantitative estimate of drug-likeness (QED) is 0.820. The highest BCUT2D eigenvalue weighted by atomic mass is 19.1. The van der Waals surface area contributed by atoms with Crippen molar-refractivity contribution in [1.82, 2.24) is 4.90 Å². The van der Waals surface area contributed by atoms with Gasteiger partial charge in [-0.05, 0) is 37.1 Å². The molecule has 19 heavy (non-hydrogen) atoms. The lowest BCUT2D eigenvalue weighted by Gasteiger charge is -2.39. The molecular formula is C15H17FN2O. The molecule has 0 atom stereocenters. The minimum atomic E-state index is -0.705. The van der Waals surface area contributed by atoms with Crippen LogP contribution in [0.2, 0.25) is 0 Å². The normalized spacial score (nSPS) is 17.5. The molecule has 0 aromatic heterocycles. The number of hydrogen-bond acceptors (Lipinski definition) is 2. The van der Waals surface area contributed by atoms with Crippen molar-refractivity contribution in [3.63, 3.8) is 0 Å². The summed E-state index contributed by atoms with van der Waals surface area (Å²) in [6, 6.07) is 7.76. The Labute approximate surface area is 112 Å². The minimum absolute atomic E-state index is 0.219. The summed E-state index contributed by atoms with van der Waals surface area (Å²) in [6.07, 6.45) is 4.48. The Kier molecular flexibility index (Phi) is 3.84. The fourth-order valence-electron chi connectivity index (χ4n) is 2.64. The number of carbonyl (C=O) groups is 1. The van der Waals surface area contributed by atoms with Crippen LogP contribution in [0.1, 0.15) is 42.5 Å². The Morgan fingerprint density at radius 3 is 2.37 bits per heavy atom. The van der Waals surface area contributed by atoms with E-state index in [2.05, 4.69) is 6.07 Å². The van der Waals surface area contributed by atoms with Gasteiger partial charge >= 0.3 is 0 Å². The van der Waals surface area contributed by atoms with Gasteiger partial charge in [-0.3, -0.25) is 4.79 Å². The maximum Gasteiger partial charge on any atom is 0.254 e. The van der Waals surface area contributed by atoms with Gasteiger partial charge in [0.1, 0.15) is 11.4 Å². The van der Waals surface area contributed by atoms with E-state index in [-0.39, 0.29) is 11.7 Å². The van der Waals surface area contributed by atoms with E-state index in [1.165, 1.54) is 29.2 Å². The second kappa shape index (κ2) is 5.40. The predicted octanol–water partition coefficient (Wildman–Crippen LogP) is 3.12. The van der Waals surface area contributed by atoms with E-state index in [9.17, 15) is 14.4 Å². The number of benzene rings is 1. The van der Waals surface area contributed by atoms with Crippen molar-refractivity contribution in [3.8, 4) is 6.07 Å². The summed E-state index contributed by atoms with van der Waals surface area (Å²) in [6.45, 7) is 0. The molecule has 0 N–H and O–H groups in total. The summed E-state index contributed by atoms with van der Waals surface area (Å²) in [5.74, 6) is -0.588. The van der Waals surface area contributed by atoms with Gasteiger partial charge in [-0.15, -0.1) is 0 Å². The molecule has 0 spiro atoms. The van der Waals surface area contributed by atoms with Gasteiger partial charge in [0.2, 0.25) is 0 Å². The lowest BCUT2D eigenvalue weighted by atomic mass is 9.81. The van der Waals surface area contributed by atoms with Gasteiger partial charge in [-0.25, -0.2) is 4.39 Å². The SMILES string of the molecule is CN(C(=O)c1ccc(F)cc1)C1(C#N)CCCCC1. The summed E-state index contributed by atoms with van der Waals surface area (Å²) < 4.78 is 12.9. The highest BCUT2D eigenvalue weighted by Crippen LogP contribution is 2.33. The zero-order valence-electron chi connectivity index (χ0n) is 11.0. The molecule has 0 aliphatic heterocycles. The van der Waals surface area contributed by atoms with Gasteiger partial charge in [-0.1, -0.05) is 19.3 Å². The molecule has 1 aliphatic carbocycles. The largest absolute Gasteiger partial charge is 0.323 e. The Balaban J connectivity index is 2.22. The summed E-state index contributed by atoms with van der Waals surface area (Å²) in [4.78, 5) is 13.9. The molecule has 0 radical (unpaired) electrons. The van der Waals surface area contributed by atoms with Crippen LogP contribution in [0.15, 0.2) is 24.3 Å². The second-order valence-electron chi connectivity index (χ2n) is 5.08. The highest BCUT2D eigenvalue weighted by molar-refractivity contribution is 5.94. The zero-order valence-corrected chi connectivity index (χ0v) is 11.0. The first-order valence-electron chi connectivity index (χ1n) is 6.54. The van der Waals surface area contributed by atoms with Gasteiger partial charge in [-0.2, -0.15) is 5.26 Å². The second-order valence-corrected chi connectivity index (χ2v) is 5.08. The molecular weight excluding hydrogens is 243 g/mol. The molecule has 4 heteroatoms. The van der Waals surface area contributed by atoms with E-state index in [0.29, 0.717) is 18.4 Å². The van der Waals surface area contributed by atoms with Crippen LogP contribution in [0, 0.1) is 17.1 Å². The van der Waals surface area contributed by atoms with Crippen molar-refractivity contribution in [2.24, 2.45) is 0 Å². The number of nitriles is 1. The Bertz CT molecular complexity index is 498. The number of nitrogens with zero attached hydrogens (tertiary/aromatic N) is 2. The molecule has 0 saturated heterocycles. The third-order valence-electron chi connectivity index (χ3n) is 3.93. The van der Waals surface area contributed by atoms with E-state index in [0.717, 1.165) is 19.3 Å². The standard InChI is InChI=1S/C15H17FN2O/c1-18(15(11-17)9-3-2-4-10-15)14(19)12-5-7-13(16)8-6-12/h5-8H,2-4,9-10H2,1H3. The predicted molar refractivity (Wildman–Crippen MR) is 69.9 cm³/mol. The van der Waals surface area contributed by atoms with Crippen molar-refractivity contribution in [2.75, 3.05) is 7.05 Å². The lowest BCUT2D eigenvalue weighted by Crippen LogP contribution is -2.49. The Morgan fingerprint density at radius 1 is 1.26 bits per heavy atom. The third kappa shape index (κ3) is 2.60. The molecule has 100 valence electrons. The molecule has 1 aliphatic rings. The van der Waals surface area contributed by atoms with Gasteiger partial charge in [0.05, 0.1) is 6.07 Å². The Hall–Kier alpha value is -1.89. The van der Waals surface area contributed by atoms with Crippen LogP contribution in [0.25, 0.3) is 0 Å². The monoisotopic (exact) mass is 260 g/mol. The van der Waals surface area contributed by atoms with Crippen molar-refractivity contribution in [3.05, 3.63) is 35.6 Å². The van der Waals surface area contributed by atoms with Crippen LogP contribution < -0.4 is 0 Å². The first kappa shape index (κ1) is 13.5. The smallest absolute Gasteiger partial charge is 0.254 e. The molecule has 1 fully saturated rings. The number of hydrogen-bond donors (Lipinski definition) is 0. The van der Waals surface area contributed by atoms with Crippen LogP contribution in [0.5, 0.6) is 0 Å². The molecule has 0 bridgehead atoms. The maximum atomic E-state index is 12.9. The summed E-state index contributed by atoms with van der Waals surface area (Å²) in [5.41, 5.74) is -0.284. The topological polar surface area (TPSA) is 44.1 Å². The molecule has 1 amide bonds. The summed E-state index contributed by atoms with van der Waals surface area (Å²) in [5, 5.41) is 9.45. The zero-order chi connectivity index (χ0) is 13.9. The first-order chi connectivity index (χ1) is 9.09. The molecule has 1 saturated carbocycles. The average molecular weight is 260 g/mol. The molecule has 0 unspecified atom stereocenters. The van der Waals surface area contributed by atoms with Crippen LogP contribution >= 0.6 is 0 Å². The van der Waals surface area contributed by atoms with Gasteiger partial charge < -0.3 is 4.90 Å². The molecule has 0 heterocycles. The fourth-order valence-corrected chi connectivity index (χ4v) is 2.64.